The van der Waals surface area contributed by atoms with Crippen molar-refractivity contribution in [2.45, 2.75) is 70.1 Å². The van der Waals surface area contributed by atoms with Crippen molar-refractivity contribution in [1.82, 2.24) is 15.1 Å². The van der Waals surface area contributed by atoms with E-state index in [0.29, 0.717) is 18.9 Å². The number of ether oxygens (including phenoxy) is 1. The third-order valence-electron chi connectivity index (χ3n) is 4.99. The molecule has 2 rings (SSSR count). The van der Waals surface area contributed by atoms with Crippen LogP contribution in [-0.2, 0) is 19.1 Å². The largest absolute Gasteiger partial charge is 0.491 e. The number of esters is 2. The van der Waals surface area contributed by atoms with E-state index >= 15 is 0 Å². The summed E-state index contributed by atoms with van der Waals surface area (Å²) in [6.45, 7) is 8.15. The topological polar surface area (TPSA) is 78.9 Å². The van der Waals surface area contributed by atoms with Crippen LogP contribution in [0.25, 0.3) is 0 Å². The van der Waals surface area contributed by atoms with Crippen LogP contribution in [0.1, 0.15) is 39.5 Å². The molecule has 0 radical (unpaired) electrons. The van der Waals surface area contributed by atoms with E-state index in [-0.39, 0.29) is 6.04 Å². The molecule has 1 amide bonds. The van der Waals surface area contributed by atoms with Crippen LogP contribution in [0.4, 0.5) is 39.5 Å². The standard InChI is InChI=1S/C13H22F3N3O.C4F6O3.C2H6/c1-18-6-8-19(9-7-18)11-4-2-10(3-5-11)17-12(20)13(14,15)16;5-3(6,7)1(11)13-2(12)4(8,9)10;1-2/h10-11H,2-9H2,1H3,(H,17,20);;1-2H3. The number of alkyl halides is 9. The SMILES string of the molecule is CC.CN1CCN(C2CCC(NC(=O)C(F)(F)F)CC2)CC1.O=C(OC(=O)C(F)(F)F)C(F)(F)F. The summed E-state index contributed by atoms with van der Waals surface area (Å²) in [6.07, 6.45) is -13.0. The van der Waals surface area contributed by atoms with Crippen molar-refractivity contribution in [3.05, 3.63) is 0 Å². The first-order valence-corrected chi connectivity index (χ1v) is 10.6. The van der Waals surface area contributed by atoms with Gasteiger partial charge in [-0.3, -0.25) is 9.69 Å². The lowest BCUT2D eigenvalue weighted by Crippen LogP contribution is -2.52. The molecule has 0 atom stereocenters. The van der Waals surface area contributed by atoms with E-state index in [9.17, 15) is 53.9 Å². The van der Waals surface area contributed by atoms with Gasteiger partial charge < -0.3 is 15.0 Å². The lowest BCUT2D eigenvalue weighted by molar-refractivity contribution is -0.221. The van der Waals surface area contributed by atoms with Gasteiger partial charge in [-0.25, -0.2) is 9.59 Å². The van der Waals surface area contributed by atoms with Crippen LogP contribution in [0.3, 0.4) is 0 Å². The van der Waals surface area contributed by atoms with E-state index in [4.69, 9.17) is 0 Å². The van der Waals surface area contributed by atoms with Crippen LogP contribution in [0.15, 0.2) is 0 Å². The molecule has 0 aromatic carbocycles. The van der Waals surface area contributed by atoms with Crippen molar-refractivity contribution < 1.29 is 58.6 Å². The Morgan fingerprint density at radius 1 is 0.714 bits per heavy atom. The molecule has 7 nitrogen and oxygen atoms in total. The van der Waals surface area contributed by atoms with Gasteiger partial charge in [0.1, 0.15) is 0 Å². The van der Waals surface area contributed by atoms with Crippen LogP contribution >= 0.6 is 0 Å². The van der Waals surface area contributed by atoms with Crippen molar-refractivity contribution in [1.29, 1.82) is 0 Å². The van der Waals surface area contributed by atoms with Crippen molar-refractivity contribution in [3.63, 3.8) is 0 Å². The summed E-state index contributed by atoms with van der Waals surface area (Å²) in [7, 11) is 2.10. The highest BCUT2D eigenvalue weighted by Crippen LogP contribution is 2.25. The number of piperazine rings is 1. The maximum atomic E-state index is 12.2. The van der Waals surface area contributed by atoms with Gasteiger partial charge in [0.15, 0.2) is 0 Å². The first-order chi connectivity index (χ1) is 15.9. The Morgan fingerprint density at radius 2 is 1.11 bits per heavy atom. The van der Waals surface area contributed by atoms with Crippen LogP contribution in [-0.4, -0.2) is 91.5 Å². The van der Waals surface area contributed by atoms with Crippen molar-refractivity contribution >= 4 is 17.8 Å². The molecule has 1 saturated carbocycles. The molecule has 2 aliphatic rings. The molecule has 206 valence electrons. The summed E-state index contributed by atoms with van der Waals surface area (Å²) in [6, 6.07) is 0.135. The maximum absolute atomic E-state index is 12.2. The average molecular weight is 533 g/mol. The van der Waals surface area contributed by atoms with E-state index in [2.05, 4.69) is 26.9 Å². The Kier molecular flexibility index (Phi) is 13.0. The number of carbonyl (C=O) groups excluding carboxylic acids is 3. The molecule has 0 aromatic rings. The Morgan fingerprint density at radius 3 is 1.46 bits per heavy atom. The number of likely N-dealkylation sites (N-methyl/N-ethyl adjacent to an activating group) is 1. The zero-order chi connectivity index (χ0) is 27.6. The number of carbonyl (C=O) groups is 3. The number of hydrogen-bond donors (Lipinski definition) is 1. The van der Waals surface area contributed by atoms with E-state index in [1.165, 1.54) is 0 Å². The minimum atomic E-state index is -5.62. The van der Waals surface area contributed by atoms with Gasteiger partial charge in [0.25, 0.3) is 0 Å². The molecule has 0 unspecified atom stereocenters. The lowest BCUT2D eigenvalue weighted by Gasteiger charge is -2.41. The van der Waals surface area contributed by atoms with Gasteiger partial charge in [-0.05, 0) is 32.7 Å². The predicted octanol–water partition coefficient (Wildman–Crippen LogP) is 3.43. The van der Waals surface area contributed by atoms with Crippen LogP contribution < -0.4 is 5.32 Å². The van der Waals surface area contributed by atoms with Crippen LogP contribution in [0.2, 0.25) is 0 Å². The summed E-state index contributed by atoms with van der Waals surface area (Å²) in [5.74, 6) is -8.20. The number of amides is 1. The van der Waals surface area contributed by atoms with Gasteiger partial charge >= 0.3 is 36.4 Å². The summed E-state index contributed by atoms with van der Waals surface area (Å²) < 4.78 is 106. The minimum absolute atomic E-state index is 0.326. The molecule has 0 aromatic heterocycles. The van der Waals surface area contributed by atoms with E-state index in [1.54, 1.807) is 0 Å². The second-order valence-corrected chi connectivity index (χ2v) is 7.49. The van der Waals surface area contributed by atoms with Crippen molar-refractivity contribution in [3.8, 4) is 0 Å². The number of hydrogen-bond acceptors (Lipinski definition) is 6. The molecule has 16 heteroatoms. The first kappa shape index (κ1) is 32.9. The molecule has 1 N–H and O–H groups in total. The molecule has 1 aliphatic carbocycles. The number of nitrogens with one attached hydrogen (secondary N) is 1. The fraction of sp³-hybridized carbons (Fsp3) is 0.842. The zero-order valence-corrected chi connectivity index (χ0v) is 19.2. The van der Waals surface area contributed by atoms with Crippen molar-refractivity contribution in [2.24, 2.45) is 0 Å². The Bertz CT molecular complexity index is 657. The molecular formula is C19H28F9N3O4. The Hall–Kier alpha value is -2.10. The summed E-state index contributed by atoms with van der Waals surface area (Å²) in [5.41, 5.74) is 0. The minimum Gasteiger partial charge on any atom is -0.380 e. The molecule has 1 saturated heterocycles. The Labute approximate surface area is 195 Å². The predicted molar refractivity (Wildman–Crippen MR) is 104 cm³/mol. The van der Waals surface area contributed by atoms with Gasteiger partial charge in [0.05, 0.1) is 0 Å². The Balaban J connectivity index is 0.000000672. The fourth-order valence-corrected chi connectivity index (χ4v) is 3.24. The second-order valence-electron chi connectivity index (χ2n) is 7.49. The zero-order valence-electron chi connectivity index (χ0n) is 19.2. The first-order valence-electron chi connectivity index (χ1n) is 10.6. The lowest BCUT2D eigenvalue weighted by atomic mass is 9.89. The number of rotatable bonds is 2. The second kappa shape index (κ2) is 13.8. The maximum Gasteiger partial charge on any atom is 0.491 e. The third kappa shape index (κ3) is 12.4. The normalized spacial score (nSPS) is 22.1. The highest BCUT2D eigenvalue weighted by atomic mass is 19.4. The molecule has 2 fully saturated rings. The highest BCUT2D eigenvalue weighted by molar-refractivity contribution is 5.90. The van der Waals surface area contributed by atoms with Gasteiger partial charge in [-0.1, -0.05) is 13.8 Å². The molecule has 0 spiro atoms. The molecule has 35 heavy (non-hydrogen) atoms. The van der Waals surface area contributed by atoms with E-state index in [1.807, 2.05) is 13.8 Å². The fourth-order valence-electron chi connectivity index (χ4n) is 3.24. The van der Waals surface area contributed by atoms with Crippen LogP contribution in [0, 0.1) is 0 Å². The molecular weight excluding hydrogens is 505 g/mol. The van der Waals surface area contributed by atoms with Gasteiger partial charge in [0.2, 0.25) is 0 Å². The number of halogens is 9. The van der Waals surface area contributed by atoms with Gasteiger partial charge in [-0.15, -0.1) is 0 Å². The molecule has 1 aliphatic heterocycles. The smallest absolute Gasteiger partial charge is 0.380 e. The molecule has 0 bridgehead atoms. The van der Waals surface area contributed by atoms with E-state index in [0.717, 1.165) is 39.0 Å². The highest BCUT2D eigenvalue weighted by Gasteiger charge is 2.49. The van der Waals surface area contributed by atoms with Crippen LogP contribution in [0.5, 0.6) is 0 Å². The number of nitrogens with zero attached hydrogens (tertiary/aromatic N) is 2. The monoisotopic (exact) mass is 533 g/mol. The summed E-state index contributed by atoms with van der Waals surface area (Å²) in [5, 5.41) is 2.10. The van der Waals surface area contributed by atoms with E-state index < -0.39 is 36.4 Å². The molecule has 1 heterocycles. The van der Waals surface area contributed by atoms with Gasteiger partial charge in [-0.2, -0.15) is 39.5 Å². The summed E-state index contributed by atoms with van der Waals surface area (Å²) >= 11 is 0. The van der Waals surface area contributed by atoms with Gasteiger partial charge in [0, 0.05) is 38.3 Å². The quantitative estimate of drug-likeness (QED) is 0.333. The third-order valence-corrected chi connectivity index (χ3v) is 4.99. The summed E-state index contributed by atoms with van der Waals surface area (Å²) in [4.78, 5) is 34.9. The van der Waals surface area contributed by atoms with Crippen molar-refractivity contribution in [2.75, 3.05) is 33.2 Å². The average Bonchev–Trinajstić information content (AvgIpc) is 2.75.